The molecule has 2 fully saturated rings. The number of carbonyl (C=O) groups is 1. The summed E-state index contributed by atoms with van der Waals surface area (Å²) < 4.78 is 27.2. The van der Waals surface area contributed by atoms with E-state index in [1.165, 1.54) is 31.4 Å². The Morgan fingerprint density at radius 3 is 2.14 bits per heavy atom. The molecule has 3 rings (SSSR count). The summed E-state index contributed by atoms with van der Waals surface area (Å²) in [5, 5.41) is 81.1. The summed E-state index contributed by atoms with van der Waals surface area (Å²) in [6.07, 6.45) is -13.8. The van der Waals surface area contributed by atoms with Crippen LogP contribution in [0.5, 0.6) is 11.5 Å². The predicted molar refractivity (Wildman–Crippen MR) is 114 cm³/mol. The van der Waals surface area contributed by atoms with E-state index in [9.17, 15) is 45.6 Å². The Bertz CT molecular complexity index is 911. The maximum Gasteiger partial charge on any atom is 1.00 e. The van der Waals surface area contributed by atoms with Crippen LogP contribution in [0.4, 0.5) is 0 Å². The van der Waals surface area contributed by atoms with Gasteiger partial charge in [-0.15, -0.1) is 0 Å². The minimum atomic E-state index is -1.78. The van der Waals surface area contributed by atoms with Gasteiger partial charge in [-0.25, -0.2) is 0 Å². The number of hydrogen-bond acceptors (Lipinski definition) is 14. The van der Waals surface area contributed by atoms with E-state index in [0.29, 0.717) is 5.56 Å². The van der Waals surface area contributed by atoms with Crippen LogP contribution in [0.3, 0.4) is 0 Å². The number of aliphatic hydroxyl groups excluding tert-OH is 7. The first kappa shape index (κ1) is 31.8. The fraction of sp³-hybridized carbons (Fsp3) is 0.591. The molecule has 0 radical (unpaired) electrons. The Kier molecular flexibility index (Phi) is 12.2. The summed E-state index contributed by atoms with van der Waals surface area (Å²) >= 11 is 0. The third-order valence-corrected chi connectivity index (χ3v) is 5.80. The topological polar surface area (TPSA) is 228 Å². The van der Waals surface area contributed by atoms with Crippen LogP contribution in [0.2, 0.25) is 0 Å². The Morgan fingerprint density at radius 2 is 1.54 bits per heavy atom. The fourth-order valence-corrected chi connectivity index (χ4v) is 3.83. The van der Waals surface area contributed by atoms with Crippen LogP contribution >= 0.6 is 0 Å². The number of methoxy groups -OCH3 is 1. The van der Waals surface area contributed by atoms with Crippen molar-refractivity contribution in [2.45, 2.75) is 61.4 Å². The fourth-order valence-electron chi connectivity index (χ4n) is 3.83. The van der Waals surface area contributed by atoms with Crippen LogP contribution in [-0.2, 0) is 19.0 Å². The van der Waals surface area contributed by atoms with E-state index in [1.807, 2.05) is 0 Å². The van der Waals surface area contributed by atoms with Gasteiger partial charge in [0.25, 0.3) is 0 Å². The number of ether oxygens (including phenoxy) is 5. The van der Waals surface area contributed by atoms with Crippen molar-refractivity contribution in [3.8, 4) is 11.5 Å². The summed E-state index contributed by atoms with van der Waals surface area (Å²) in [5.41, 5.74) is 0.440. The Morgan fingerprint density at radius 1 is 0.919 bits per heavy atom. The number of carboxylic acids is 1. The van der Waals surface area contributed by atoms with Crippen LogP contribution in [0.1, 0.15) is 5.56 Å². The second-order valence-corrected chi connectivity index (χ2v) is 8.19. The van der Waals surface area contributed by atoms with Gasteiger partial charge in [0.05, 0.1) is 26.3 Å². The first-order valence-corrected chi connectivity index (χ1v) is 10.9. The molecule has 37 heavy (non-hydrogen) atoms. The third kappa shape index (κ3) is 7.39. The van der Waals surface area contributed by atoms with Gasteiger partial charge in [-0.05, 0) is 23.8 Å². The quantitative estimate of drug-likeness (QED) is 0.114. The van der Waals surface area contributed by atoms with Crippen LogP contribution in [0, 0.1) is 0 Å². The minimum Gasteiger partial charge on any atom is -0.545 e. The molecule has 2 heterocycles. The maximum absolute atomic E-state index is 10.7. The number of carboxylic acid groups (broad SMARTS) is 1. The number of hydrogen-bond donors (Lipinski definition) is 7. The molecule has 2 saturated heterocycles. The summed E-state index contributed by atoms with van der Waals surface area (Å²) in [4.78, 5) is 10.6. The molecule has 15 heteroatoms. The van der Waals surface area contributed by atoms with E-state index in [4.69, 9.17) is 23.7 Å². The minimum absolute atomic E-state index is 0. The second-order valence-electron chi connectivity index (χ2n) is 8.19. The zero-order valence-corrected chi connectivity index (χ0v) is 22.1. The van der Waals surface area contributed by atoms with Gasteiger partial charge < -0.3 is 69.3 Å². The largest absolute Gasteiger partial charge is 1.00 e. The van der Waals surface area contributed by atoms with Crippen molar-refractivity contribution in [1.82, 2.24) is 0 Å². The third-order valence-electron chi connectivity index (χ3n) is 5.80. The van der Waals surface area contributed by atoms with Crippen LogP contribution in [-0.4, -0.2) is 123 Å². The SMILES string of the molecule is COc1cc(/C=C/C(=O)[O-])ccc1O[C@@H]1O[C@H](CO)[C@@H](O[C@@H]2O[C@H](CO)[C@H](O)[C@H](O)[C@H]2O)[C@H](O)[C@H]1O.[Na+]. The molecular formula is C22H29NaO14. The van der Waals surface area contributed by atoms with Crippen molar-refractivity contribution in [3.05, 3.63) is 29.8 Å². The van der Waals surface area contributed by atoms with Crippen molar-refractivity contribution in [2.75, 3.05) is 20.3 Å². The van der Waals surface area contributed by atoms with Crippen LogP contribution in [0.25, 0.3) is 6.08 Å². The van der Waals surface area contributed by atoms with Crippen LogP contribution in [0.15, 0.2) is 24.3 Å². The molecule has 0 aliphatic carbocycles. The van der Waals surface area contributed by atoms with E-state index in [0.717, 1.165) is 6.08 Å². The maximum atomic E-state index is 10.7. The Balaban J connectivity index is 0.00000481. The average molecular weight is 540 g/mol. The van der Waals surface area contributed by atoms with Crippen molar-refractivity contribution in [1.29, 1.82) is 0 Å². The molecule has 0 unspecified atom stereocenters. The molecule has 2 aliphatic heterocycles. The molecule has 7 N–H and O–H groups in total. The van der Waals surface area contributed by atoms with Gasteiger partial charge in [-0.3, -0.25) is 0 Å². The molecule has 0 amide bonds. The van der Waals surface area contributed by atoms with E-state index < -0.39 is 80.6 Å². The number of benzene rings is 1. The van der Waals surface area contributed by atoms with Crippen molar-refractivity contribution in [3.63, 3.8) is 0 Å². The zero-order chi connectivity index (χ0) is 26.6. The molecule has 202 valence electrons. The number of rotatable bonds is 9. The van der Waals surface area contributed by atoms with Crippen LogP contribution < -0.4 is 44.1 Å². The first-order valence-electron chi connectivity index (χ1n) is 10.9. The monoisotopic (exact) mass is 540 g/mol. The van der Waals surface area contributed by atoms with E-state index in [1.54, 1.807) is 0 Å². The summed E-state index contributed by atoms with van der Waals surface area (Å²) in [7, 11) is 1.32. The molecule has 1 aromatic rings. The summed E-state index contributed by atoms with van der Waals surface area (Å²) in [6, 6.07) is 4.33. The summed E-state index contributed by atoms with van der Waals surface area (Å²) in [6.45, 7) is -1.43. The van der Waals surface area contributed by atoms with Gasteiger partial charge in [-0.1, -0.05) is 12.1 Å². The number of carbonyl (C=O) groups excluding carboxylic acids is 1. The number of aliphatic carboxylic acids is 1. The normalized spacial score (nSPS) is 36.1. The zero-order valence-electron chi connectivity index (χ0n) is 20.1. The molecule has 0 bridgehead atoms. The molecule has 10 atom stereocenters. The van der Waals surface area contributed by atoms with E-state index in [-0.39, 0.29) is 41.1 Å². The van der Waals surface area contributed by atoms with Gasteiger partial charge in [0, 0.05) is 0 Å². The molecule has 0 spiro atoms. The molecule has 2 aliphatic rings. The van der Waals surface area contributed by atoms with E-state index in [2.05, 4.69) is 0 Å². The summed E-state index contributed by atoms with van der Waals surface area (Å²) in [5.74, 6) is -1.19. The van der Waals surface area contributed by atoms with Crippen molar-refractivity contribution < 1.29 is 98.9 Å². The molecule has 0 aromatic heterocycles. The van der Waals surface area contributed by atoms with Gasteiger partial charge in [-0.2, -0.15) is 0 Å². The molecular weight excluding hydrogens is 511 g/mol. The molecule has 14 nitrogen and oxygen atoms in total. The Labute approximate surface area is 233 Å². The van der Waals surface area contributed by atoms with Gasteiger partial charge in [0.2, 0.25) is 6.29 Å². The molecule has 0 saturated carbocycles. The Hall–Kier alpha value is -1.37. The van der Waals surface area contributed by atoms with Gasteiger partial charge in [0.1, 0.15) is 48.8 Å². The molecule has 1 aromatic carbocycles. The smallest absolute Gasteiger partial charge is 0.545 e. The first-order chi connectivity index (χ1) is 17.1. The van der Waals surface area contributed by atoms with Gasteiger partial charge in [0.15, 0.2) is 17.8 Å². The average Bonchev–Trinajstić information content (AvgIpc) is 2.87. The van der Waals surface area contributed by atoms with Crippen molar-refractivity contribution >= 4 is 12.0 Å². The van der Waals surface area contributed by atoms with Crippen molar-refractivity contribution in [2.24, 2.45) is 0 Å². The standard InChI is InChI=1S/C22H30O14.Na/c1-32-11-6-9(3-5-14(25)26)2-4-10(11)33-21-19(31)17(29)20(13(8-24)35-21)36-22-18(30)16(28)15(27)12(7-23)34-22;/h2-6,12-13,15-24,27-31H,7-8H2,1H3,(H,25,26);/q;+1/p-1/b5-3+;/t12-,13-,15+,16+,17-,18-,19-,20-,21-,22+;/m1./s1. The predicted octanol–water partition coefficient (Wildman–Crippen LogP) is -7.53. The van der Waals surface area contributed by atoms with E-state index >= 15 is 0 Å². The number of aliphatic hydroxyl groups is 7. The second kappa shape index (κ2) is 14.1. The van der Waals surface area contributed by atoms with Gasteiger partial charge >= 0.3 is 29.6 Å².